The first-order valence-corrected chi connectivity index (χ1v) is 44.3. The summed E-state index contributed by atoms with van der Waals surface area (Å²) < 4.78 is 28.8. The van der Waals surface area contributed by atoms with Crippen molar-refractivity contribution in [2.75, 3.05) is 54.1 Å². The average Bonchev–Trinajstić information content (AvgIpc) is 1.77. The van der Waals surface area contributed by atoms with Crippen molar-refractivity contribution in [1.82, 2.24) is 77.7 Å². The van der Waals surface area contributed by atoms with E-state index in [0.29, 0.717) is 76.1 Å². The Labute approximate surface area is 746 Å². The molecule has 13 atom stereocenters. The van der Waals surface area contributed by atoms with Crippen molar-refractivity contribution in [3.63, 3.8) is 0 Å². The Morgan fingerprint density at radius 2 is 0.787 bits per heavy atom. The number of methoxy groups -OCH3 is 2. The van der Waals surface area contributed by atoms with Crippen molar-refractivity contribution >= 4 is 110 Å². The summed E-state index contributed by atoms with van der Waals surface area (Å²) in [6.45, 7) is 39.5. The Kier molecular flexibility index (Phi) is 33.1. The number of pyridine rings is 3. The number of esters is 1. The van der Waals surface area contributed by atoms with Gasteiger partial charge in [-0.05, 0) is 178 Å². The zero-order valence-corrected chi connectivity index (χ0v) is 77.1. The third kappa shape index (κ3) is 24.7. The van der Waals surface area contributed by atoms with E-state index in [2.05, 4.69) is 56.0 Å². The number of nitrogens with zero attached hydrogens (tertiary/aromatic N) is 7. The van der Waals surface area contributed by atoms with Crippen LogP contribution in [0.4, 0.5) is 0 Å². The molecule has 0 radical (unpaired) electrons. The summed E-state index contributed by atoms with van der Waals surface area (Å²) in [6, 6.07) is 24.0. The largest absolute Gasteiger partial charge is 0.484 e. The molecule has 9 amide bonds. The summed E-state index contributed by atoms with van der Waals surface area (Å²) >= 11 is 0. The molecule has 3 saturated heterocycles. The van der Waals surface area contributed by atoms with Crippen LogP contribution in [0.3, 0.4) is 0 Å². The monoisotopic (exact) mass is 1750 g/mol. The van der Waals surface area contributed by atoms with Crippen LogP contribution >= 0.6 is 0 Å². The van der Waals surface area contributed by atoms with Gasteiger partial charge in [-0.25, -0.2) is 16.3 Å². The number of cyclic esters (lactones) is 1. The second-order valence-electron chi connectivity index (χ2n) is 36.4. The van der Waals surface area contributed by atoms with Gasteiger partial charge in [0.05, 0.1) is 81.9 Å². The van der Waals surface area contributed by atoms with Crippen molar-refractivity contribution in [3.05, 3.63) is 168 Å². The van der Waals surface area contributed by atoms with Crippen LogP contribution in [0.5, 0.6) is 0 Å². The molecule has 0 aliphatic carbocycles. The number of benzene rings is 3. The third-order valence-electron chi connectivity index (χ3n) is 24.2. The number of hydrazine groups is 3. The van der Waals surface area contributed by atoms with Crippen LogP contribution in [0.1, 0.15) is 214 Å². The van der Waals surface area contributed by atoms with E-state index >= 15 is 0 Å². The van der Waals surface area contributed by atoms with Crippen LogP contribution in [0.25, 0.3) is 50.9 Å². The van der Waals surface area contributed by atoms with Gasteiger partial charge in [0, 0.05) is 67.9 Å². The standard InChI is InChI=1S/C33H45N5O5.2C32H43N5O5/c1-8-16-33(6)17-15-23-11-12-24-13-14-25(35-27(24)19-23)22(5)37(7)31(41)26-10-9-18-38(36-26)30(40)21(4)34-29(39)28(20(2)3)43-32(33)42;2*1-19(2)28-30(39)35-27(18-41-7)31(40)37-16-8-9-25(36-37)29(38)33-20(3)24-13-12-23-11-10-22(17-26(23)34-24)14-15-32(5,6)21(4)42-28/h11-15,17,19-22,26,28,36H,8-10,16,18H2,1-7H3,(H,34,39);2*10-15,17,19-20,25,27-28,36H,4,8-9,16,18H2,1-3,5-7H3,(H,33,38)(H,35,39)/b17-15+;2*15-14+/t21-,22+,26-,28-,33-;20?,25-,27+,28-;20?,25-,27-,28-/m000/s1. The molecule has 3 fully saturated rings. The van der Waals surface area contributed by atoms with Crippen LogP contribution in [0, 0.1) is 34.0 Å². The summed E-state index contributed by atoms with van der Waals surface area (Å²) in [7, 11) is 4.68. The average molecular weight is 1750 g/mol. The SMILES string of the molecule is C=C1O[C@@H](C(C)C)C(=O)N[C@@H](COC)C(=O)N2CCC[C@H](N2)C(=O)NC(C)c2ccc3ccc(cc3n2)/C=C/C1(C)C.C=C1O[C@@H](C(C)C)C(=O)N[C@H](COC)C(=O)N2CCC[C@H](N2)C(=O)NC(C)c2ccc3ccc(cc3n2)/C=C/C1(C)C.CCC[C@@]1(C)/C=C/c2ccc3ccc(nc3c2)[C@@H](C)N(C)C(=O)[C@@H]2CCCN(N2)C(=O)[C@H](C)NC(=O)[C@H](C(C)C)OC1=O. The molecule has 684 valence electrons. The lowest BCUT2D eigenvalue weighted by Crippen LogP contribution is -2.62. The van der Waals surface area contributed by atoms with Crippen LogP contribution in [-0.2, 0) is 71.6 Å². The second-order valence-corrected chi connectivity index (χ2v) is 36.4. The van der Waals surface area contributed by atoms with Crippen LogP contribution in [0.15, 0.2) is 134 Å². The van der Waals surface area contributed by atoms with Crippen molar-refractivity contribution < 1.29 is 71.6 Å². The molecule has 6 aliphatic rings. The fraction of sp³-hybridized carbons (Fsp3) is 0.515. The lowest BCUT2D eigenvalue weighted by atomic mass is 9.84. The first kappa shape index (κ1) is 97.9. The highest BCUT2D eigenvalue weighted by molar-refractivity contribution is 5.94. The maximum absolute atomic E-state index is 13.6. The summed E-state index contributed by atoms with van der Waals surface area (Å²) in [5, 5.41) is 21.6. The topological polar surface area (TPSA) is 365 Å². The number of carbonyl (C=O) groups is 10. The summed E-state index contributed by atoms with van der Waals surface area (Å²) in [6.07, 6.45) is 13.6. The molecule has 3 aromatic carbocycles. The molecule has 2 unspecified atom stereocenters. The second kappa shape index (κ2) is 43.0. The number of nitrogens with one attached hydrogen (secondary N) is 8. The molecular weight excluding hydrogens is 1620 g/mol. The number of carbonyl (C=O) groups excluding carboxylic acids is 10. The number of aromatic nitrogens is 3. The lowest BCUT2D eigenvalue weighted by molar-refractivity contribution is -0.166. The van der Waals surface area contributed by atoms with E-state index in [0.717, 1.165) is 72.9 Å². The number of rotatable bonds is 9. The summed E-state index contributed by atoms with van der Waals surface area (Å²) in [4.78, 5) is 151. The lowest BCUT2D eigenvalue weighted by Gasteiger charge is -2.37. The van der Waals surface area contributed by atoms with Gasteiger partial charge < -0.3 is 55.2 Å². The van der Waals surface area contributed by atoms with E-state index in [1.807, 2.05) is 217 Å². The zero-order chi connectivity index (χ0) is 92.7. The first-order valence-electron chi connectivity index (χ1n) is 44.3. The van der Waals surface area contributed by atoms with Gasteiger partial charge in [-0.15, -0.1) is 0 Å². The minimum absolute atomic E-state index is 0.0384. The van der Waals surface area contributed by atoms with Gasteiger partial charge in [-0.3, -0.25) is 77.9 Å². The highest BCUT2D eigenvalue weighted by Crippen LogP contribution is 2.36. The Morgan fingerprint density at radius 1 is 0.441 bits per heavy atom. The normalized spacial score (nSPS) is 27.2. The van der Waals surface area contributed by atoms with Gasteiger partial charge in [0.15, 0.2) is 18.3 Å². The van der Waals surface area contributed by atoms with E-state index in [1.165, 1.54) is 29.2 Å². The summed E-state index contributed by atoms with van der Waals surface area (Å²) in [5.74, 6) is -3.56. The van der Waals surface area contributed by atoms with Gasteiger partial charge in [-0.1, -0.05) is 159 Å². The Morgan fingerprint density at radius 3 is 1.19 bits per heavy atom. The number of likely N-dealkylation sites (N-methyl/N-ethyl adjacent to an activating group) is 1. The molecule has 8 N–H and O–H groups in total. The van der Waals surface area contributed by atoms with Crippen LogP contribution in [-0.4, -0.2) is 203 Å². The fourth-order valence-electron chi connectivity index (χ4n) is 15.6. The number of fused-ring (bicyclic) bond motifs is 12. The highest BCUT2D eigenvalue weighted by Gasteiger charge is 2.43. The molecule has 0 saturated carbocycles. The van der Waals surface area contributed by atoms with Crippen molar-refractivity contribution in [1.29, 1.82) is 0 Å². The molecule has 30 heteroatoms. The predicted molar refractivity (Wildman–Crippen MR) is 488 cm³/mol. The zero-order valence-electron chi connectivity index (χ0n) is 77.1. The maximum Gasteiger partial charge on any atom is 0.316 e. The molecular formula is C97H131N15O15. The smallest absolute Gasteiger partial charge is 0.316 e. The number of hydrogen-bond acceptors (Lipinski definition) is 21. The van der Waals surface area contributed by atoms with E-state index in [1.54, 1.807) is 32.7 Å². The number of amides is 9. The molecule has 12 rings (SSSR count). The van der Waals surface area contributed by atoms with Crippen molar-refractivity contribution in [2.24, 2.45) is 34.0 Å². The van der Waals surface area contributed by atoms with E-state index < -0.39 is 106 Å². The molecule has 9 heterocycles. The quantitative estimate of drug-likeness (QED) is 0.0623. The van der Waals surface area contributed by atoms with Gasteiger partial charge in [0.25, 0.3) is 35.4 Å². The van der Waals surface area contributed by atoms with Gasteiger partial charge in [0.2, 0.25) is 17.7 Å². The Bertz CT molecular complexity index is 4930. The number of ether oxygens (including phenoxy) is 5. The fourth-order valence-corrected chi connectivity index (χ4v) is 15.6. The number of allylic oxidation sites excluding steroid dienone is 2. The molecule has 30 nitrogen and oxygen atoms in total. The van der Waals surface area contributed by atoms with E-state index in [4.69, 9.17) is 38.6 Å². The molecule has 0 spiro atoms. The minimum atomic E-state index is -1.08. The number of hydrogen-bond donors (Lipinski definition) is 8. The molecule has 3 aromatic heterocycles. The molecule has 15 bridgehead atoms. The molecule has 6 aromatic rings. The maximum atomic E-state index is 13.6. The van der Waals surface area contributed by atoms with Crippen LogP contribution < -0.4 is 42.9 Å². The summed E-state index contributed by atoms with van der Waals surface area (Å²) in [5.41, 5.74) is 14.4. The Balaban J connectivity index is 0.000000199. The highest BCUT2D eigenvalue weighted by atomic mass is 16.6. The van der Waals surface area contributed by atoms with Gasteiger partial charge in [-0.2, -0.15) is 0 Å². The van der Waals surface area contributed by atoms with Crippen molar-refractivity contribution in [3.8, 4) is 0 Å². The van der Waals surface area contributed by atoms with E-state index in [9.17, 15) is 47.9 Å². The predicted octanol–water partition coefficient (Wildman–Crippen LogP) is 11.4. The minimum Gasteiger partial charge on any atom is -0.484 e. The van der Waals surface area contributed by atoms with E-state index in [-0.39, 0.29) is 72.7 Å². The molecule has 6 aliphatic heterocycles. The van der Waals surface area contributed by atoms with Gasteiger partial charge in [0.1, 0.15) is 36.3 Å². The Hall–Kier alpha value is -11.3. The first-order chi connectivity index (χ1) is 60.1. The van der Waals surface area contributed by atoms with Crippen LogP contribution in [0.2, 0.25) is 0 Å². The van der Waals surface area contributed by atoms with Crippen molar-refractivity contribution in [2.45, 2.75) is 235 Å². The molecule has 127 heavy (non-hydrogen) atoms. The van der Waals surface area contributed by atoms with Gasteiger partial charge >= 0.3 is 5.97 Å². The third-order valence-corrected chi connectivity index (χ3v) is 24.2.